The van der Waals surface area contributed by atoms with Gasteiger partial charge in [0.15, 0.2) is 5.71 Å². The zero-order valence-electron chi connectivity index (χ0n) is 26.6. The predicted molar refractivity (Wildman–Crippen MR) is 175 cm³/mol. The Kier molecular flexibility index (Phi) is 9.84. The van der Waals surface area contributed by atoms with Crippen molar-refractivity contribution in [2.24, 2.45) is 5.73 Å². The van der Waals surface area contributed by atoms with Crippen LogP contribution in [-0.4, -0.2) is 48.7 Å². The molecule has 0 fully saturated rings. The van der Waals surface area contributed by atoms with Gasteiger partial charge in [-0.05, 0) is 70.4 Å². The number of carbonyl (C=O) groups excluding carboxylic acids is 1. The number of benzene rings is 2. The van der Waals surface area contributed by atoms with Crippen LogP contribution in [0.1, 0.15) is 89.8 Å². The number of unbranched alkanes of at least 4 members (excludes halogenated alkanes) is 4. The molecule has 232 valence electrons. The van der Waals surface area contributed by atoms with E-state index in [-0.39, 0.29) is 22.6 Å². The summed E-state index contributed by atoms with van der Waals surface area (Å²) < 4.78 is 36.1. The molecule has 0 aromatic heterocycles. The van der Waals surface area contributed by atoms with E-state index in [4.69, 9.17) is 5.73 Å². The van der Waals surface area contributed by atoms with Crippen molar-refractivity contribution in [3.8, 4) is 0 Å². The minimum absolute atomic E-state index is 0.0852. The first-order valence-corrected chi connectivity index (χ1v) is 16.9. The highest BCUT2D eigenvalue weighted by atomic mass is 32.2. The van der Waals surface area contributed by atoms with Gasteiger partial charge < -0.3 is 10.6 Å². The van der Waals surface area contributed by atoms with Crippen LogP contribution < -0.4 is 10.6 Å². The molecule has 7 nitrogen and oxygen atoms in total. The first kappa shape index (κ1) is 32.8. The SMILES string of the molecule is CCN1C(=CC=CC2=[N+](CCCCCCCC(=O)CN)c3ccc(S(=O)(=O)O)cc3C2(C)C)C(C)(C)c2cc(C)ccc21. The van der Waals surface area contributed by atoms with Gasteiger partial charge in [-0.25, -0.2) is 0 Å². The summed E-state index contributed by atoms with van der Waals surface area (Å²) in [6.07, 6.45) is 12.0. The molecule has 0 saturated heterocycles. The maximum absolute atomic E-state index is 12.0. The monoisotopic (exact) mass is 606 g/mol. The summed E-state index contributed by atoms with van der Waals surface area (Å²) in [5.41, 5.74) is 12.8. The number of fused-ring (bicyclic) bond motifs is 2. The molecule has 0 spiro atoms. The maximum Gasteiger partial charge on any atom is 0.294 e. The number of hydrogen-bond acceptors (Lipinski definition) is 5. The van der Waals surface area contributed by atoms with Gasteiger partial charge in [0, 0.05) is 53.9 Å². The third-order valence-electron chi connectivity index (χ3n) is 9.10. The molecule has 2 heterocycles. The van der Waals surface area contributed by atoms with E-state index in [0.29, 0.717) is 6.42 Å². The van der Waals surface area contributed by atoms with Crippen LogP contribution in [0, 0.1) is 6.92 Å². The molecule has 43 heavy (non-hydrogen) atoms. The van der Waals surface area contributed by atoms with Crippen LogP contribution in [0.25, 0.3) is 0 Å². The summed E-state index contributed by atoms with van der Waals surface area (Å²) in [5.74, 6) is 0.114. The number of nitrogens with zero attached hydrogens (tertiary/aromatic N) is 2. The largest absolute Gasteiger partial charge is 0.344 e. The van der Waals surface area contributed by atoms with Crippen molar-refractivity contribution in [1.82, 2.24) is 0 Å². The van der Waals surface area contributed by atoms with E-state index in [1.54, 1.807) is 6.07 Å². The molecular formula is C35H48N3O4S+. The fourth-order valence-electron chi connectivity index (χ4n) is 6.64. The molecule has 0 unspecified atom stereocenters. The zero-order chi connectivity index (χ0) is 31.6. The van der Waals surface area contributed by atoms with Crippen LogP contribution in [0.3, 0.4) is 0 Å². The second-order valence-electron chi connectivity index (χ2n) is 12.9. The summed E-state index contributed by atoms with van der Waals surface area (Å²) in [6, 6.07) is 11.6. The van der Waals surface area contributed by atoms with Crippen molar-refractivity contribution in [3.63, 3.8) is 0 Å². The van der Waals surface area contributed by atoms with Crippen molar-refractivity contribution in [3.05, 3.63) is 77.0 Å². The quantitative estimate of drug-likeness (QED) is 0.149. The lowest BCUT2D eigenvalue weighted by atomic mass is 9.81. The third-order valence-corrected chi connectivity index (χ3v) is 9.95. The van der Waals surface area contributed by atoms with Crippen molar-refractivity contribution in [1.29, 1.82) is 0 Å². The summed E-state index contributed by atoms with van der Waals surface area (Å²) in [7, 11) is -4.32. The fourth-order valence-corrected chi connectivity index (χ4v) is 7.15. The van der Waals surface area contributed by atoms with Crippen LogP contribution in [0.4, 0.5) is 11.4 Å². The predicted octanol–water partition coefficient (Wildman–Crippen LogP) is 6.74. The van der Waals surface area contributed by atoms with Gasteiger partial charge in [-0.3, -0.25) is 9.35 Å². The van der Waals surface area contributed by atoms with Crippen molar-refractivity contribution in [2.75, 3.05) is 24.5 Å². The highest BCUT2D eigenvalue weighted by Gasteiger charge is 2.45. The molecule has 4 rings (SSSR count). The molecule has 0 amide bonds. The molecule has 2 aliphatic rings. The van der Waals surface area contributed by atoms with E-state index >= 15 is 0 Å². The molecule has 0 bridgehead atoms. The molecule has 2 aromatic rings. The van der Waals surface area contributed by atoms with Gasteiger partial charge in [-0.15, -0.1) is 0 Å². The standard InChI is InChI=1S/C35H47N3O4S/c1-7-37-30-19-17-25(2)22-28(30)34(3,4)32(37)15-13-16-33-35(5,6)29-23-27(43(40,41)42)18-20-31(29)38(33)21-12-10-8-9-11-14-26(39)24-36/h13,15-20,22-23H,7-12,14,21,24,36H2,1-6H3/p+1. The molecule has 0 radical (unpaired) electrons. The van der Waals surface area contributed by atoms with Crippen LogP contribution in [0.5, 0.6) is 0 Å². The summed E-state index contributed by atoms with van der Waals surface area (Å²) in [6.45, 7) is 14.9. The molecule has 0 atom stereocenters. The Hall–Kier alpha value is -3.07. The fraction of sp³-hybridized carbons (Fsp3) is 0.486. The number of anilines is 1. The van der Waals surface area contributed by atoms with Gasteiger partial charge in [-0.2, -0.15) is 13.0 Å². The van der Waals surface area contributed by atoms with Crippen molar-refractivity contribution < 1.29 is 22.3 Å². The van der Waals surface area contributed by atoms with Crippen molar-refractivity contribution in [2.45, 2.75) is 95.8 Å². The number of rotatable bonds is 13. The van der Waals surface area contributed by atoms with E-state index in [2.05, 4.69) is 87.4 Å². The van der Waals surface area contributed by atoms with E-state index in [9.17, 15) is 17.8 Å². The molecule has 2 aliphatic heterocycles. The molecular weight excluding hydrogens is 558 g/mol. The van der Waals surface area contributed by atoms with Gasteiger partial charge in [0.1, 0.15) is 12.3 Å². The third kappa shape index (κ3) is 6.71. The topological polar surface area (TPSA) is 104 Å². The number of carbonyl (C=O) groups is 1. The summed E-state index contributed by atoms with van der Waals surface area (Å²) in [5, 5.41) is 0. The summed E-state index contributed by atoms with van der Waals surface area (Å²) >= 11 is 0. The highest BCUT2D eigenvalue weighted by molar-refractivity contribution is 7.85. The number of nitrogens with two attached hydrogens (primary N) is 1. The average molecular weight is 607 g/mol. The van der Waals surface area contributed by atoms with Gasteiger partial charge in [0.2, 0.25) is 5.69 Å². The zero-order valence-corrected chi connectivity index (χ0v) is 27.4. The van der Waals surface area contributed by atoms with Crippen LogP contribution in [0.15, 0.2) is 65.2 Å². The lowest BCUT2D eigenvalue weighted by molar-refractivity contribution is -0.438. The lowest BCUT2D eigenvalue weighted by Gasteiger charge is -2.25. The number of allylic oxidation sites excluding steroid dienone is 4. The Morgan fingerprint density at radius 3 is 2.35 bits per heavy atom. The van der Waals surface area contributed by atoms with E-state index in [1.165, 1.54) is 28.6 Å². The van der Waals surface area contributed by atoms with Crippen LogP contribution >= 0.6 is 0 Å². The Morgan fingerprint density at radius 2 is 1.67 bits per heavy atom. The molecule has 0 aliphatic carbocycles. The first-order valence-electron chi connectivity index (χ1n) is 15.5. The van der Waals surface area contributed by atoms with E-state index in [1.807, 2.05) is 6.07 Å². The number of likely N-dealkylation sites (N-methyl/N-ethyl adjacent to an activating group) is 1. The Balaban J connectivity index is 1.64. The average Bonchev–Trinajstić information content (AvgIpc) is 3.29. The highest BCUT2D eigenvalue weighted by Crippen LogP contribution is 2.48. The number of aryl methyl sites for hydroxylation is 1. The second kappa shape index (κ2) is 12.9. The van der Waals surface area contributed by atoms with Gasteiger partial charge in [0.25, 0.3) is 10.1 Å². The van der Waals surface area contributed by atoms with Crippen LogP contribution in [-0.2, 0) is 25.7 Å². The van der Waals surface area contributed by atoms with Crippen LogP contribution in [0.2, 0.25) is 0 Å². The normalized spacial score (nSPS) is 18.1. The molecule has 2 aromatic carbocycles. The Morgan fingerprint density at radius 1 is 0.977 bits per heavy atom. The molecule has 0 saturated carbocycles. The second-order valence-corrected chi connectivity index (χ2v) is 14.3. The van der Waals surface area contributed by atoms with E-state index in [0.717, 1.165) is 62.2 Å². The molecule has 3 N–H and O–H groups in total. The van der Waals surface area contributed by atoms with Gasteiger partial charge in [-0.1, -0.05) is 50.5 Å². The molecule has 8 heteroatoms. The number of ketones is 1. The Bertz CT molecular complexity index is 1580. The Labute approximate surface area is 257 Å². The first-order chi connectivity index (χ1) is 20.2. The van der Waals surface area contributed by atoms with Crippen molar-refractivity contribution >= 4 is 33.0 Å². The maximum atomic E-state index is 12.0. The smallest absolute Gasteiger partial charge is 0.294 e. The summed E-state index contributed by atoms with van der Waals surface area (Å²) in [4.78, 5) is 13.8. The van der Waals surface area contributed by atoms with E-state index < -0.39 is 15.5 Å². The number of hydrogen-bond donors (Lipinski definition) is 2. The lowest BCUT2D eigenvalue weighted by Crippen LogP contribution is -2.28. The van der Waals surface area contributed by atoms with Gasteiger partial charge in [0.05, 0.1) is 16.9 Å². The number of Topliss-reactive ketones (excluding diaryl/α,β-unsaturated/α-hetero) is 1. The van der Waals surface area contributed by atoms with Gasteiger partial charge >= 0.3 is 0 Å². The minimum atomic E-state index is -4.32. The minimum Gasteiger partial charge on any atom is -0.344 e.